The lowest BCUT2D eigenvalue weighted by Gasteiger charge is -2.28. The molecule has 1 rings (SSSR count). The largest absolute Gasteiger partial charge is 0.481 e. The normalized spacial score (nSPS) is 15.1. The van der Waals surface area contributed by atoms with Gasteiger partial charge in [-0.1, -0.05) is 84.7 Å². The first kappa shape index (κ1) is 67.1. The maximum absolute atomic E-state index is 14.2. The molecule has 1 aromatic rings. The molecular formula is C49H79N11O15S. The molecule has 0 aliphatic heterocycles. The van der Waals surface area contributed by atoms with E-state index in [4.69, 9.17) is 17.2 Å². The number of nitrogens with one attached hydrogen (secondary N) is 8. The number of carboxylic acid groups (broad SMARTS) is 3. The van der Waals surface area contributed by atoms with Gasteiger partial charge in [0.2, 0.25) is 53.2 Å². The van der Waals surface area contributed by atoms with Crippen LogP contribution in [0.25, 0.3) is 0 Å². The Labute approximate surface area is 447 Å². The minimum Gasteiger partial charge on any atom is -0.481 e. The first-order chi connectivity index (χ1) is 35.6. The van der Waals surface area contributed by atoms with Crippen LogP contribution in [0.4, 0.5) is 0 Å². The molecule has 0 spiro atoms. The standard InChI is InChI=1S/C49H79N11O15S/c1-7-27(6)40(60-41(66)29(51)15-11-12-18-50)48(73)59-36(24-76)47(72)55-32(21-28-13-9-8-10-14-28)44(69)53-30(16-17-38(62)63)42(67)57-34(23-39(64)65)46(71)56-33(22-37(52)61)45(70)54-31(19-25(2)3)43(68)58-35(49(74)75)20-26(4)5/h8-10,13-14,25-27,29-36,40,76H,7,11-12,15-24,50-51H2,1-6H3,(H2,52,61)(H,53,69)(H,54,70)(H,55,72)(H,56,71)(H,57,67)(H,58,68)(H,59,73)(H,60,66)(H,62,63)(H,64,65)(H,74,75)/t27-,29-,30-,31-,32-,33-,34-,35-,36-,40-/m0/s1. The van der Waals surface area contributed by atoms with E-state index in [1.807, 2.05) is 0 Å². The van der Waals surface area contributed by atoms with Crippen molar-refractivity contribution >= 4 is 83.7 Å². The number of aliphatic carboxylic acids is 3. The Hall–Kier alpha value is -6.87. The van der Waals surface area contributed by atoms with Gasteiger partial charge in [-0.2, -0.15) is 12.6 Å². The highest BCUT2D eigenvalue weighted by Crippen LogP contribution is 2.13. The van der Waals surface area contributed by atoms with E-state index in [0.29, 0.717) is 37.8 Å². The highest BCUT2D eigenvalue weighted by molar-refractivity contribution is 7.80. The first-order valence-electron chi connectivity index (χ1n) is 25.1. The van der Waals surface area contributed by atoms with Gasteiger partial charge in [-0.15, -0.1) is 0 Å². The van der Waals surface area contributed by atoms with E-state index >= 15 is 0 Å². The number of carbonyl (C=O) groups excluding carboxylic acids is 9. The van der Waals surface area contributed by atoms with Crippen molar-refractivity contribution in [2.45, 2.75) is 167 Å². The van der Waals surface area contributed by atoms with Gasteiger partial charge in [0.05, 0.1) is 18.9 Å². The lowest BCUT2D eigenvalue weighted by molar-refractivity contribution is -0.143. The highest BCUT2D eigenvalue weighted by Gasteiger charge is 2.37. The van der Waals surface area contributed by atoms with E-state index < -0.39 is 157 Å². The molecule has 0 heterocycles. The molecule has 0 saturated heterocycles. The molecule has 76 heavy (non-hydrogen) atoms. The number of primary amides is 1. The van der Waals surface area contributed by atoms with Crippen LogP contribution in [0.1, 0.15) is 111 Å². The molecule has 0 bridgehead atoms. The van der Waals surface area contributed by atoms with Gasteiger partial charge >= 0.3 is 17.9 Å². The summed E-state index contributed by atoms with van der Waals surface area (Å²) in [6, 6.07) is -5.41. The van der Waals surface area contributed by atoms with E-state index in [0.717, 1.165) is 0 Å². The maximum atomic E-state index is 14.2. The van der Waals surface area contributed by atoms with Gasteiger partial charge in [0.25, 0.3) is 0 Å². The summed E-state index contributed by atoms with van der Waals surface area (Å²) in [4.78, 5) is 158. The SMILES string of the molecule is CC[C@H](C)[C@H](NC(=O)[C@@H](N)CCCCN)C(=O)N[C@@H](CS)C(=O)N[C@@H](Cc1ccccc1)C(=O)N[C@@H](CCC(=O)O)C(=O)N[C@@H](CC(=O)O)C(=O)N[C@@H](CC(N)=O)C(=O)N[C@@H](CC(C)C)C(=O)N[C@@H](CC(C)C)C(=O)O. The smallest absolute Gasteiger partial charge is 0.326 e. The summed E-state index contributed by atoms with van der Waals surface area (Å²) in [6.07, 6.45) is -1.78. The van der Waals surface area contributed by atoms with Crippen LogP contribution >= 0.6 is 12.6 Å². The van der Waals surface area contributed by atoms with Gasteiger partial charge in [0, 0.05) is 18.6 Å². The van der Waals surface area contributed by atoms with Crippen molar-refractivity contribution in [3.8, 4) is 0 Å². The summed E-state index contributed by atoms with van der Waals surface area (Å²) in [7, 11) is 0. The van der Waals surface area contributed by atoms with Gasteiger partial charge in [-0.3, -0.25) is 52.7 Å². The van der Waals surface area contributed by atoms with Gasteiger partial charge in [0.1, 0.15) is 48.3 Å². The molecule has 27 heteroatoms. The van der Waals surface area contributed by atoms with Crippen LogP contribution in [0.2, 0.25) is 0 Å². The van der Waals surface area contributed by atoms with Crippen LogP contribution in [-0.2, 0) is 64.0 Å². The molecule has 10 atom stereocenters. The fraction of sp³-hybridized carbons (Fsp3) is 0.633. The van der Waals surface area contributed by atoms with Gasteiger partial charge in [-0.05, 0) is 62.0 Å². The number of thiol groups is 1. The molecule has 0 fully saturated rings. The third kappa shape index (κ3) is 25.6. The number of hydrogen-bond donors (Lipinski definition) is 15. The van der Waals surface area contributed by atoms with E-state index in [1.165, 1.54) is 0 Å². The lowest BCUT2D eigenvalue weighted by atomic mass is 9.97. The highest BCUT2D eigenvalue weighted by atomic mass is 32.1. The molecule has 426 valence electrons. The number of carboxylic acids is 3. The van der Waals surface area contributed by atoms with E-state index in [-0.39, 0.29) is 36.9 Å². The van der Waals surface area contributed by atoms with E-state index in [2.05, 4.69) is 55.2 Å². The van der Waals surface area contributed by atoms with Crippen LogP contribution in [0.3, 0.4) is 0 Å². The average molecular weight is 1090 g/mol. The summed E-state index contributed by atoms with van der Waals surface area (Å²) in [6.45, 7) is 10.8. The van der Waals surface area contributed by atoms with Gasteiger partial charge in [-0.25, -0.2) is 4.79 Å². The second kappa shape index (κ2) is 34.7. The maximum Gasteiger partial charge on any atom is 0.326 e. The second-order valence-corrected chi connectivity index (χ2v) is 19.7. The van der Waals surface area contributed by atoms with Crippen LogP contribution in [0.5, 0.6) is 0 Å². The molecule has 0 saturated carbocycles. The van der Waals surface area contributed by atoms with Crippen molar-refractivity contribution in [3.05, 3.63) is 35.9 Å². The van der Waals surface area contributed by atoms with Crippen molar-refractivity contribution in [1.29, 1.82) is 0 Å². The molecule has 0 aliphatic carbocycles. The molecule has 0 aliphatic rings. The molecule has 9 amide bonds. The Balaban J connectivity index is 3.54. The molecular weight excluding hydrogens is 1010 g/mol. The third-order valence-electron chi connectivity index (χ3n) is 11.8. The van der Waals surface area contributed by atoms with E-state index in [1.54, 1.807) is 71.9 Å². The van der Waals surface area contributed by atoms with Crippen molar-refractivity contribution in [3.63, 3.8) is 0 Å². The van der Waals surface area contributed by atoms with Crippen LogP contribution < -0.4 is 59.7 Å². The Morgan fingerprint density at radius 3 is 1.50 bits per heavy atom. The van der Waals surface area contributed by atoms with Crippen LogP contribution in [-0.4, -0.2) is 153 Å². The predicted octanol–water partition coefficient (Wildman–Crippen LogP) is -2.07. The zero-order chi connectivity index (χ0) is 57.8. The second-order valence-electron chi connectivity index (χ2n) is 19.4. The van der Waals surface area contributed by atoms with Crippen LogP contribution in [0, 0.1) is 17.8 Å². The topological polar surface area (TPSA) is 440 Å². The third-order valence-corrected chi connectivity index (χ3v) is 12.2. The summed E-state index contributed by atoms with van der Waals surface area (Å²) in [5.74, 6) is -14.8. The average Bonchev–Trinajstić information content (AvgIpc) is 3.33. The van der Waals surface area contributed by atoms with Crippen molar-refractivity contribution < 1.29 is 72.9 Å². The zero-order valence-corrected chi connectivity index (χ0v) is 44.8. The van der Waals surface area contributed by atoms with Crippen molar-refractivity contribution in [2.75, 3.05) is 12.3 Å². The Morgan fingerprint density at radius 1 is 0.539 bits per heavy atom. The van der Waals surface area contributed by atoms with Crippen LogP contribution in [0.15, 0.2) is 30.3 Å². The number of rotatable bonds is 37. The molecule has 1 aromatic carbocycles. The molecule has 26 nitrogen and oxygen atoms in total. The number of carbonyl (C=O) groups is 12. The number of nitrogens with two attached hydrogens (primary N) is 3. The summed E-state index contributed by atoms with van der Waals surface area (Å²) >= 11 is 4.25. The molecule has 0 aromatic heterocycles. The molecule has 0 radical (unpaired) electrons. The van der Waals surface area contributed by atoms with E-state index in [9.17, 15) is 72.9 Å². The summed E-state index contributed by atoms with van der Waals surface area (Å²) in [5.41, 5.74) is 17.5. The first-order valence-corrected chi connectivity index (χ1v) is 25.7. The fourth-order valence-corrected chi connectivity index (χ4v) is 7.73. The minimum absolute atomic E-state index is 0.0425. The summed E-state index contributed by atoms with van der Waals surface area (Å²) in [5, 5.41) is 48.3. The predicted molar refractivity (Wildman–Crippen MR) is 279 cm³/mol. The number of benzene rings is 1. The molecule has 17 N–H and O–H groups in total. The van der Waals surface area contributed by atoms with Crippen molar-refractivity contribution in [2.24, 2.45) is 35.0 Å². The quantitative estimate of drug-likeness (QED) is 0.0251. The lowest BCUT2D eigenvalue weighted by Crippen LogP contribution is -2.61. The Morgan fingerprint density at radius 2 is 1.00 bits per heavy atom. The Kier molecular flexibility index (Phi) is 30.6. The number of unbranched alkanes of at least 4 members (excludes halogenated alkanes) is 1. The fourth-order valence-electron chi connectivity index (χ4n) is 7.48. The summed E-state index contributed by atoms with van der Waals surface area (Å²) < 4.78 is 0. The molecule has 0 unspecified atom stereocenters. The van der Waals surface area contributed by atoms with Gasteiger partial charge < -0.3 is 75.1 Å². The van der Waals surface area contributed by atoms with Gasteiger partial charge in [0.15, 0.2) is 0 Å². The van der Waals surface area contributed by atoms with Crippen molar-refractivity contribution in [1.82, 2.24) is 42.5 Å². The minimum atomic E-state index is -2.07. The monoisotopic (exact) mass is 1090 g/mol. The number of hydrogen-bond acceptors (Lipinski definition) is 15. The Bertz CT molecular complexity index is 2150. The zero-order valence-electron chi connectivity index (χ0n) is 43.9. The number of amides is 9.